The average Bonchev–Trinajstić information content (AvgIpc) is 3.33. The normalized spacial score (nSPS) is 22.8. The average molecular weight is 550 g/mol. The molecule has 4 nitrogen and oxygen atoms in total. The molecule has 2 heterocycles. The highest BCUT2D eigenvalue weighted by Crippen LogP contribution is 2.38. The summed E-state index contributed by atoms with van der Waals surface area (Å²) in [6.45, 7) is 14.2. The number of H-pyrrole nitrogens is 1. The van der Waals surface area contributed by atoms with E-state index in [1.807, 2.05) is 6.92 Å². The molecule has 0 spiro atoms. The van der Waals surface area contributed by atoms with Gasteiger partial charge in [-0.05, 0) is 98.1 Å². The molecule has 3 aromatic rings. The number of aromatic amines is 1. The third kappa shape index (κ3) is 7.16. The van der Waals surface area contributed by atoms with E-state index >= 15 is 0 Å². The molecule has 1 N–H and O–H groups in total. The highest BCUT2D eigenvalue weighted by molar-refractivity contribution is 5.84. The number of rotatable bonds is 8. The van der Waals surface area contributed by atoms with Crippen LogP contribution in [0, 0.1) is 37.5 Å². The van der Waals surface area contributed by atoms with E-state index in [-0.39, 0.29) is 6.10 Å². The number of hydrogen-bond acceptors (Lipinski definition) is 3. The van der Waals surface area contributed by atoms with Crippen LogP contribution in [0.5, 0.6) is 0 Å². The SMILES string of the molecule is CCC=N/C(=C/C1CCOC2CC=C(c3ccc4nc(C)[nH]c4c3)C=C2CC1C)C(Cc1ccc(C)cc1)C(C)C. The van der Waals surface area contributed by atoms with Crippen LogP contribution in [0.25, 0.3) is 16.6 Å². The summed E-state index contributed by atoms with van der Waals surface area (Å²) in [7, 11) is 0. The summed E-state index contributed by atoms with van der Waals surface area (Å²) in [5.74, 6) is 2.79. The van der Waals surface area contributed by atoms with Gasteiger partial charge in [-0.3, -0.25) is 4.99 Å². The van der Waals surface area contributed by atoms with Crippen molar-refractivity contribution in [2.75, 3.05) is 6.61 Å². The highest BCUT2D eigenvalue weighted by Gasteiger charge is 2.29. The molecule has 0 bridgehead atoms. The summed E-state index contributed by atoms with van der Waals surface area (Å²) in [4.78, 5) is 13.0. The lowest BCUT2D eigenvalue weighted by Crippen LogP contribution is -2.27. The molecule has 4 unspecified atom stereocenters. The molecule has 5 rings (SSSR count). The van der Waals surface area contributed by atoms with Gasteiger partial charge in [-0.15, -0.1) is 0 Å². The first-order chi connectivity index (χ1) is 19.8. The summed E-state index contributed by atoms with van der Waals surface area (Å²) < 4.78 is 6.50. The molecule has 0 amide bonds. The van der Waals surface area contributed by atoms with Gasteiger partial charge in [0.05, 0.1) is 17.1 Å². The Bertz CT molecular complexity index is 1450. The standard InChI is InChI=1S/C37H47N3O/c1-7-17-38-35(33(24(2)3)20-28-10-8-25(4)9-11-28)22-29-16-18-41-37-15-13-30(21-32(37)19-26(29)5)31-12-14-34-36(23-31)40-27(6)39-34/h8-14,17,21-24,26,29,33,37H,7,15-16,18-20H2,1-6H3,(H,39,40)/b35-22+,38-17?. The van der Waals surface area contributed by atoms with E-state index in [0.717, 1.165) is 55.6 Å². The molecule has 1 aliphatic heterocycles. The van der Waals surface area contributed by atoms with Crippen LogP contribution in [-0.4, -0.2) is 28.9 Å². The Morgan fingerprint density at radius 1 is 1.15 bits per heavy atom. The van der Waals surface area contributed by atoms with Crippen LogP contribution in [0.1, 0.15) is 75.9 Å². The predicted molar refractivity (Wildman–Crippen MR) is 173 cm³/mol. The summed E-state index contributed by atoms with van der Waals surface area (Å²) in [6.07, 6.45) is 14.5. The summed E-state index contributed by atoms with van der Waals surface area (Å²) in [5.41, 5.74) is 10.0. The molecule has 4 atom stereocenters. The number of ether oxygens (including phenoxy) is 1. The molecule has 2 aliphatic rings. The van der Waals surface area contributed by atoms with Crippen molar-refractivity contribution in [2.24, 2.45) is 28.7 Å². The minimum atomic E-state index is 0.187. The quantitative estimate of drug-likeness (QED) is 0.285. The van der Waals surface area contributed by atoms with Crippen LogP contribution in [0.4, 0.5) is 0 Å². The van der Waals surface area contributed by atoms with Crippen LogP contribution < -0.4 is 0 Å². The van der Waals surface area contributed by atoms with Gasteiger partial charge in [-0.2, -0.15) is 0 Å². The molecular weight excluding hydrogens is 502 g/mol. The van der Waals surface area contributed by atoms with Crippen molar-refractivity contribution in [2.45, 2.75) is 79.8 Å². The van der Waals surface area contributed by atoms with Crippen molar-refractivity contribution in [1.82, 2.24) is 9.97 Å². The molecule has 41 heavy (non-hydrogen) atoms. The van der Waals surface area contributed by atoms with E-state index in [0.29, 0.717) is 23.7 Å². The number of benzene rings is 2. The fourth-order valence-corrected chi connectivity index (χ4v) is 6.36. The lowest BCUT2D eigenvalue weighted by atomic mass is 9.78. The van der Waals surface area contributed by atoms with Crippen molar-refractivity contribution in [3.05, 3.63) is 94.5 Å². The summed E-state index contributed by atoms with van der Waals surface area (Å²) in [5, 5.41) is 0. The number of allylic oxidation sites excluding steroid dienone is 4. The maximum absolute atomic E-state index is 6.50. The largest absolute Gasteiger partial charge is 0.374 e. The van der Waals surface area contributed by atoms with Gasteiger partial charge in [0.25, 0.3) is 0 Å². The first-order valence-electron chi connectivity index (χ1n) is 15.6. The van der Waals surface area contributed by atoms with E-state index in [9.17, 15) is 0 Å². The third-order valence-electron chi connectivity index (χ3n) is 8.87. The Balaban J connectivity index is 1.39. The summed E-state index contributed by atoms with van der Waals surface area (Å²) in [6, 6.07) is 15.6. The fraction of sp³-hybridized carbons (Fsp3) is 0.459. The number of aromatic nitrogens is 2. The van der Waals surface area contributed by atoms with Gasteiger partial charge in [0, 0.05) is 24.4 Å². The molecular formula is C37H47N3O. The zero-order valence-corrected chi connectivity index (χ0v) is 25.8. The number of hydrogen-bond donors (Lipinski definition) is 1. The molecule has 4 heteroatoms. The lowest BCUT2D eigenvalue weighted by molar-refractivity contribution is 0.0530. The third-order valence-corrected chi connectivity index (χ3v) is 8.87. The Morgan fingerprint density at radius 2 is 1.95 bits per heavy atom. The Kier molecular flexibility index (Phi) is 9.39. The van der Waals surface area contributed by atoms with E-state index in [4.69, 9.17) is 9.73 Å². The number of fused-ring (bicyclic) bond motifs is 2. The monoisotopic (exact) mass is 549 g/mol. The zero-order valence-electron chi connectivity index (χ0n) is 25.8. The molecule has 0 radical (unpaired) electrons. The summed E-state index contributed by atoms with van der Waals surface area (Å²) >= 11 is 0. The van der Waals surface area contributed by atoms with E-state index in [1.165, 1.54) is 33.5 Å². The second-order valence-corrected chi connectivity index (χ2v) is 12.5. The smallest absolute Gasteiger partial charge is 0.104 e. The molecule has 1 aliphatic carbocycles. The lowest BCUT2D eigenvalue weighted by Gasteiger charge is -2.33. The van der Waals surface area contributed by atoms with E-state index < -0.39 is 0 Å². The molecule has 1 saturated heterocycles. The maximum Gasteiger partial charge on any atom is 0.104 e. The van der Waals surface area contributed by atoms with Crippen LogP contribution in [0.3, 0.4) is 0 Å². The van der Waals surface area contributed by atoms with Crippen LogP contribution >= 0.6 is 0 Å². The topological polar surface area (TPSA) is 50.3 Å². The van der Waals surface area contributed by atoms with Crippen molar-refractivity contribution in [3.8, 4) is 0 Å². The van der Waals surface area contributed by atoms with Gasteiger partial charge < -0.3 is 9.72 Å². The number of imidazole rings is 1. The van der Waals surface area contributed by atoms with Crippen LogP contribution in [0.15, 0.2) is 77.0 Å². The van der Waals surface area contributed by atoms with Crippen molar-refractivity contribution < 1.29 is 4.74 Å². The number of nitrogens with one attached hydrogen (secondary N) is 1. The van der Waals surface area contributed by atoms with Crippen molar-refractivity contribution in [1.29, 1.82) is 0 Å². The highest BCUT2D eigenvalue weighted by atomic mass is 16.5. The van der Waals surface area contributed by atoms with Gasteiger partial charge in [0.1, 0.15) is 5.82 Å². The molecule has 1 fully saturated rings. The van der Waals surface area contributed by atoms with Gasteiger partial charge in [0.15, 0.2) is 0 Å². The second-order valence-electron chi connectivity index (χ2n) is 12.5. The zero-order chi connectivity index (χ0) is 28.9. The number of nitrogens with zero attached hydrogens (tertiary/aromatic N) is 2. The molecule has 1 aromatic heterocycles. The van der Waals surface area contributed by atoms with Gasteiger partial charge in [-0.1, -0.05) is 81.8 Å². The first kappa shape index (κ1) is 29.3. The number of aliphatic imine (C=N–C) groups is 1. The van der Waals surface area contributed by atoms with Gasteiger partial charge in [0.2, 0.25) is 0 Å². The molecule has 216 valence electrons. The van der Waals surface area contributed by atoms with Crippen molar-refractivity contribution in [3.63, 3.8) is 0 Å². The van der Waals surface area contributed by atoms with E-state index in [2.05, 4.69) is 111 Å². The van der Waals surface area contributed by atoms with E-state index in [1.54, 1.807) is 0 Å². The first-order valence-corrected chi connectivity index (χ1v) is 15.6. The van der Waals surface area contributed by atoms with Crippen LogP contribution in [-0.2, 0) is 11.2 Å². The minimum Gasteiger partial charge on any atom is -0.374 e. The predicted octanol–water partition coefficient (Wildman–Crippen LogP) is 9.20. The van der Waals surface area contributed by atoms with Gasteiger partial charge >= 0.3 is 0 Å². The second kappa shape index (κ2) is 13.2. The van der Waals surface area contributed by atoms with Crippen molar-refractivity contribution >= 4 is 22.8 Å². The Morgan fingerprint density at radius 3 is 2.71 bits per heavy atom. The molecule has 2 aromatic carbocycles. The Labute approximate surface area is 246 Å². The maximum atomic E-state index is 6.50. The van der Waals surface area contributed by atoms with Crippen LogP contribution in [0.2, 0.25) is 0 Å². The fourth-order valence-electron chi connectivity index (χ4n) is 6.36. The molecule has 0 saturated carbocycles. The minimum absolute atomic E-state index is 0.187. The Hall–Kier alpha value is -3.24. The van der Waals surface area contributed by atoms with Gasteiger partial charge in [-0.25, -0.2) is 4.98 Å². The number of aryl methyl sites for hydroxylation is 2.